The molecule has 0 bridgehead atoms. The van der Waals surface area contributed by atoms with Crippen LogP contribution >= 0.6 is 0 Å². The van der Waals surface area contributed by atoms with Crippen LogP contribution < -0.4 is 5.32 Å². The summed E-state index contributed by atoms with van der Waals surface area (Å²) in [5.41, 5.74) is 2.82. The van der Waals surface area contributed by atoms with Crippen LogP contribution in [-0.4, -0.2) is 31.1 Å². The van der Waals surface area contributed by atoms with Crippen LogP contribution in [-0.2, 0) is 0 Å². The van der Waals surface area contributed by atoms with Gasteiger partial charge >= 0.3 is 0 Å². The molecule has 1 aromatic carbocycles. The molecule has 0 radical (unpaired) electrons. The largest absolute Gasteiger partial charge is 0.309 e. The van der Waals surface area contributed by atoms with Crippen molar-refractivity contribution in [2.75, 3.05) is 20.1 Å². The summed E-state index contributed by atoms with van der Waals surface area (Å²) in [7, 11) is 2.26. The number of likely N-dealkylation sites (N-methyl/N-ethyl adjacent to an activating group) is 1. The molecule has 0 heterocycles. The van der Waals surface area contributed by atoms with Gasteiger partial charge in [-0.1, -0.05) is 45.0 Å². The summed E-state index contributed by atoms with van der Waals surface area (Å²) in [6, 6.07) is 9.81. The second-order valence-electron chi connectivity index (χ2n) is 6.78. The molecule has 120 valence electrons. The molecule has 0 fully saturated rings. The predicted octanol–water partition coefficient (Wildman–Crippen LogP) is 4.40. The van der Waals surface area contributed by atoms with Crippen LogP contribution in [0.5, 0.6) is 0 Å². The first-order valence-electron chi connectivity index (χ1n) is 8.44. The van der Waals surface area contributed by atoms with Crippen molar-refractivity contribution in [2.24, 2.45) is 5.92 Å². The Kier molecular flexibility index (Phi) is 7.98. The number of aryl methyl sites for hydroxylation is 1. The lowest BCUT2D eigenvalue weighted by molar-refractivity contribution is 0.205. The summed E-state index contributed by atoms with van der Waals surface area (Å²) in [5.74, 6) is 0.753. The molecule has 21 heavy (non-hydrogen) atoms. The molecule has 2 unspecified atom stereocenters. The van der Waals surface area contributed by atoms with Crippen LogP contribution in [0.15, 0.2) is 24.3 Å². The summed E-state index contributed by atoms with van der Waals surface area (Å²) < 4.78 is 0. The van der Waals surface area contributed by atoms with Crippen molar-refractivity contribution < 1.29 is 0 Å². The Morgan fingerprint density at radius 1 is 1.14 bits per heavy atom. The normalized spacial score (nSPS) is 14.7. The quantitative estimate of drug-likeness (QED) is 0.725. The minimum absolute atomic E-state index is 0.422. The lowest BCUT2D eigenvalue weighted by atomic mass is 9.99. The van der Waals surface area contributed by atoms with Gasteiger partial charge < -0.3 is 10.2 Å². The number of hydrogen-bond acceptors (Lipinski definition) is 2. The van der Waals surface area contributed by atoms with Gasteiger partial charge in [-0.25, -0.2) is 0 Å². The highest BCUT2D eigenvalue weighted by atomic mass is 15.1. The topological polar surface area (TPSA) is 15.3 Å². The molecule has 0 aliphatic rings. The van der Waals surface area contributed by atoms with E-state index in [2.05, 4.69) is 76.1 Å². The van der Waals surface area contributed by atoms with Gasteiger partial charge in [-0.05, 0) is 57.3 Å². The maximum absolute atomic E-state index is 3.72. The average Bonchev–Trinajstić information content (AvgIpc) is 2.43. The molecule has 2 nitrogen and oxygen atoms in total. The lowest BCUT2D eigenvalue weighted by Gasteiger charge is -2.31. The number of hydrogen-bond donors (Lipinski definition) is 1. The van der Waals surface area contributed by atoms with E-state index in [1.54, 1.807) is 0 Å². The van der Waals surface area contributed by atoms with Gasteiger partial charge in [0.05, 0.1) is 0 Å². The number of benzene rings is 1. The van der Waals surface area contributed by atoms with E-state index >= 15 is 0 Å². The fourth-order valence-electron chi connectivity index (χ4n) is 2.90. The fraction of sp³-hybridized carbons (Fsp3) is 0.684. The molecule has 1 rings (SSSR count). The second-order valence-corrected chi connectivity index (χ2v) is 6.78. The van der Waals surface area contributed by atoms with Crippen LogP contribution in [0, 0.1) is 12.8 Å². The van der Waals surface area contributed by atoms with E-state index in [1.165, 1.54) is 24.0 Å². The highest BCUT2D eigenvalue weighted by molar-refractivity contribution is 5.29. The van der Waals surface area contributed by atoms with Crippen LogP contribution in [0.2, 0.25) is 0 Å². The standard InChI is InChI=1S/C19H34N2/c1-7-12-20-19(18-11-9-8-10-16(18)4)14-21(6)17(5)13-15(2)3/h8-11,15,17,19-20H,7,12-14H2,1-6H3. The molecule has 0 saturated carbocycles. The third-order valence-electron chi connectivity index (χ3n) is 4.24. The molecule has 0 aliphatic heterocycles. The summed E-state index contributed by atoms with van der Waals surface area (Å²) in [6.45, 7) is 13.5. The highest BCUT2D eigenvalue weighted by Crippen LogP contribution is 2.20. The van der Waals surface area contributed by atoms with Crippen molar-refractivity contribution in [1.82, 2.24) is 10.2 Å². The van der Waals surface area contributed by atoms with Gasteiger partial charge in [-0.3, -0.25) is 0 Å². The van der Waals surface area contributed by atoms with Crippen LogP contribution in [0.25, 0.3) is 0 Å². The van der Waals surface area contributed by atoms with Crippen LogP contribution in [0.1, 0.15) is 57.7 Å². The lowest BCUT2D eigenvalue weighted by Crippen LogP contribution is -2.38. The Balaban J connectivity index is 2.76. The van der Waals surface area contributed by atoms with E-state index < -0.39 is 0 Å². The summed E-state index contributed by atoms with van der Waals surface area (Å²) in [6.07, 6.45) is 2.43. The van der Waals surface area contributed by atoms with Gasteiger partial charge in [0.1, 0.15) is 0 Å². The fourth-order valence-corrected chi connectivity index (χ4v) is 2.90. The summed E-state index contributed by atoms with van der Waals surface area (Å²) >= 11 is 0. The van der Waals surface area contributed by atoms with Crippen LogP contribution in [0.3, 0.4) is 0 Å². The molecule has 0 aliphatic carbocycles. The van der Waals surface area contributed by atoms with E-state index in [0.29, 0.717) is 12.1 Å². The van der Waals surface area contributed by atoms with Gasteiger partial charge in [-0.2, -0.15) is 0 Å². The Bertz CT molecular complexity index is 400. The van der Waals surface area contributed by atoms with Crippen LogP contribution in [0.4, 0.5) is 0 Å². The van der Waals surface area contributed by atoms with Gasteiger partial charge in [0.2, 0.25) is 0 Å². The minimum atomic E-state index is 0.422. The minimum Gasteiger partial charge on any atom is -0.309 e. The van der Waals surface area contributed by atoms with Crippen molar-refractivity contribution >= 4 is 0 Å². The molecular formula is C19H34N2. The van der Waals surface area contributed by atoms with Crippen molar-refractivity contribution in [3.8, 4) is 0 Å². The van der Waals surface area contributed by atoms with Gasteiger partial charge in [-0.15, -0.1) is 0 Å². The zero-order valence-electron chi connectivity index (χ0n) is 14.8. The number of nitrogens with zero attached hydrogens (tertiary/aromatic N) is 1. The van der Waals surface area contributed by atoms with E-state index in [4.69, 9.17) is 0 Å². The van der Waals surface area contributed by atoms with E-state index in [9.17, 15) is 0 Å². The Morgan fingerprint density at radius 3 is 2.38 bits per heavy atom. The summed E-state index contributed by atoms with van der Waals surface area (Å²) in [5, 5.41) is 3.72. The first-order chi connectivity index (χ1) is 9.95. The summed E-state index contributed by atoms with van der Waals surface area (Å²) in [4.78, 5) is 2.50. The molecule has 2 atom stereocenters. The first kappa shape index (κ1) is 18.2. The van der Waals surface area contributed by atoms with Gasteiger partial charge in [0.25, 0.3) is 0 Å². The Hall–Kier alpha value is -0.860. The smallest absolute Gasteiger partial charge is 0.0451 e. The molecular weight excluding hydrogens is 256 g/mol. The molecule has 0 spiro atoms. The van der Waals surface area contributed by atoms with Crippen molar-refractivity contribution in [1.29, 1.82) is 0 Å². The van der Waals surface area contributed by atoms with Crippen molar-refractivity contribution in [3.63, 3.8) is 0 Å². The molecule has 0 amide bonds. The zero-order chi connectivity index (χ0) is 15.8. The van der Waals surface area contributed by atoms with Gasteiger partial charge in [0, 0.05) is 18.6 Å². The highest BCUT2D eigenvalue weighted by Gasteiger charge is 2.18. The van der Waals surface area contributed by atoms with E-state index in [-0.39, 0.29) is 0 Å². The first-order valence-corrected chi connectivity index (χ1v) is 8.44. The Labute approximate surface area is 131 Å². The molecule has 1 N–H and O–H groups in total. The van der Waals surface area contributed by atoms with Gasteiger partial charge in [0.15, 0.2) is 0 Å². The monoisotopic (exact) mass is 290 g/mol. The third-order valence-corrected chi connectivity index (χ3v) is 4.24. The number of rotatable bonds is 9. The third kappa shape index (κ3) is 6.19. The molecule has 1 aromatic rings. The van der Waals surface area contributed by atoms with Crippen molar-refractivity contribution in [3.05, 3.63) is 35.4 Å². The maximum Gasteiger partial charge on any atom is 0.0451 e. The van der Waals surface area contributed by atoms with E-state index in [1.807, 2.05) is 0 Å². The number of nitrogens with one attached hydrogen (secondary N) is 1. The Morgan fingerprint density at radius 2 is 1.81 bits per heavy atom. The van der Waals surface area contributed by atoms with Crippen molar-refractivity contribution in [2.45, 2.75) is 59.5 Å². The second kappa shape index (κ2) is 9.22. The maximum atomic E-state index is 3.72. The van der Waals surface area contributed by atoms with E-state index in [0.717, 1.165) is 19.0 Å². The average molecular weight is 290 g/mol. The zero-order valence-corrected chi connectivity index (χ0v) is 14.8. The molecule has 0 saturated heterocycles. The predicted molar refractivity (Wildman–Crippen MR) is 93.8 cm³/mol. The SMILES string of the molecule is CCCNC(CN(C)C(C)CC(C)C)c1ccccc1C. The molecule has 0 aromatic heterocycles. The molecule has 2 heteroatoms.